The lowest BCUT2D eigenvalue weighted by atomic mass is 9.77. The quantitative estimate of drug-likeness (QED) is 0.873. The molecule has 3 rings (SSSR count). The Bertz CT molecular complexity index is 587. The molecule has 1 aliphatic carbocycles. The van der Waals surface area contributed by atoms with Gasteiger partial charge in [0.05, 0.1) is 12.1 Å². The minimum absolute atomic E-state index is 0.0900. The predicted molar refractivity (Wildman–Crippen MR) is 75.0 cm³/mol. The number of benzene rings is 1. The first-order valence-corrected chi connectivity index (χ1v) is 6.67. The number of hydrogen-bond acceptors (Lipinski definition) is 4. The molecule has 1 aromatic carbocycles. The molecule has 104 valence electrons. The molecule has 1 saturated carbocycles. The van der Waals surface area contributed by atoms with E-state index < -0.39 is 5.54 Å². The van der Waals surface area contributed by atoms with Gasteiger partial charge in [-0.05, 0) is 37.0 Å². The van der Waals surface area contributed by atoms with Gasteiger partial charge in [-0.15, -0.1) is 0 Å². The molecule has 0 spiro atoms. The molecule has 6 nitrogen and oxygen atoms in total. The molecule has 0 bridgehead atoms. The van der Waals surface area contributed by atoms with Gasteiger partial charge in [-0.25, -0.2) is 9.67 Å². The van der Waals surface area contributed by atoms with Crippen LogP contribution in [0.3, 0.4) is 0 Å². The number of hydrogen-bond donors (Lipinski definition) is 2. The molecular formula is C14H17N5O. The van der Waals surface area contributed by atoms with Gasteiger partial charge in [0.25, 0.3) is 0 Å². The molecule has 1 heterocycles. The van der Waals surface area contributed by atoms with Crippen molar-refractivity contribution in [3.8, 4) is 0 Å². The lowest BCUT2D eigenvalue weighted by Gasteiger charge is -2.36. The number of aromatic nitrogens is 3. The van der Waals surface area contributed by atoms with Gasteiger partial charge in [0.15, 0.2) is 0 Å². The normalized spacial score (nSPS) is 16.4. The fourth-order valence-corrected chi connectivity index (χ4v) is 2.24. The lowest BCUT2D eigenvalue weighted by Crippen LogP contribution is -2.56. The van der Waals surface area contributed by atoms with Crippen LogP contribution < -0.4 is 11.1 Å². The number of amides is 1. The smallest absolute Gasteiger partial charge is 0.244 e. The summed E-state index contributed by atoms with van der Waals surface area (Å²) in [5, 5.41) is 6.92. The first kappa shape index (κ1) is 12.8. The second kappa shape index (κ2) is 5.05. The maximum absolute atomic E-state index is 12.0. The Morgan fingerprint density at radius 3 is 2.65 bits per heavy atom. The second-order valence-corrected chi connectivity index (χ2v) is 5.25. The highest BCUT2D eigenvalue weighted by Crippen LogP contribution is 2.30. The molecule has 0 aliphatic heterocycles. The first-order chi connectivity index (χ1) is 9.66. The number of nitrogens with two attached hydrogens (primary N) is 1. The van der Waals surface area contributed by atoms with E-state index in [1.54, 1.807) is 11.0 Å². The number of anilines is 1. The molecule has 0 atom stereocenters. The van der Waals surface area contributed by atoms with E-state index in [4.69, 9.17) is 5.73 Å². The van der Waals surface area contributed by atoms with Gasteiger partial charge in [0.2, 0.25) is 5.91 Å². The van der Waals surface area contributed by atoms with Crippen LogP contribution in [-0.2, 0) is 11.3 Å². The van der Waals surface area contributed by atoms with Crippen LogP contribution in [0.1, 0.15) is 24.8 Å². The van der Waals surface area contributed by atoms with Gasteiger partial charge in [-0.1, -0.05) is 12.1 Å². The Kier molecular flexibility index (Phi) is 3.23. The molecule has 20 heavy (non-hydrogen) atoms. The standard InChI is InChI=1S/C14H17N5O/c15-14(6-1-7-14)13(20)18-12-4-2-11(3-5-12)8-19-10-16-9-17-19/h2-5,9-10H,1,6-8,15H2,(H,18,20). The number of carbonyl (C=O) groups is 1. The van der Waals surface area contributed by atoms with Gasteiger partial charge in [0, 0.05) is 5.69 Å². The third kappa shape index (κ3) is 2.55. The molecule has 0 saturated heterocycles. The summed E-state index contributed by atoms with van der Waals surface area (Å²) in [4.78, 5) is 15.9. The summed E-state index contributed by atoms with van der Waals surface area (Å²) in [7, 11) is 0. The molecule has 1 aromatic heterocycles. The number of carbonyl (C=O) groups excluding carboxylic acids is 1. The SMILES string of the molecule is NC1(C(=O)Nc2ccc(Cn3cncn3)cc2)CCC1. The molecule has 2 aromatic rings. The Labute approximate surface area is 117 Å². The summed E-state index contributed by atoms with van der Waals surface area (Å²) in [5.41, 5.74) is 7.19. The highest BCUT2D eigenvalue weighted by Gasteiger charge is 2.40. The van der Waals surface area contributed by atoms with E-state index in [0.29, 0.717) is 6.54 Å². The van der Waals surface area contributed by atoms with Crippen LogP contribution in [0.5, 0.6) is 0 Å². The zero-order valence-electron chi connectivity index (χ0n) is 11.1. The highest BCUT2D eigenvalue weighted by molar-refractivity contribution is 5.98. The van der Waals surface area contributed by atoms with Crippen LogP contribution in [0.25, 0.3) is 0 Å². The van der Waals surface area contributed by atoms with Crippen molar-refractivity contribution in [3.05, 3.63) is 42.5 Å². The van der Waals surface area contributed by atoms with Crippen molar-refractivity contribution in [1.29, 1.82) is 0 Å². The summed E-state index contributed by atoms with van der Waals surface area (Å²) in [5.74, 6) is -0.0900. The first-order valence-electron chi connectivity index (χ1n) is 6.67. The maximum Gasteiger partial charge on any atom is 0.244 e. The summed E-state index contributed by atoms with van der Waals surface area (Å²) in [6, 6.07) is 7.68. The fraction of sp³-hybridized carbons (Fsp3) is 0.357. The van der Waals surface area contributed by atoms with Crippen molar-refractivity contribution in [2.45, 2.75) is 31.3 Å². The molecule has 0 unspecified atom stereocenters. The van der Waals surface area contributed by atoms with Crippen LogP contribution in [0.15, 0.2) is 36.9 Å². The molecule has 1 aliphatic rings. The number of nitrogens with zero attached hydrogens (tertiary/aromatic N) is 3. The third-order valence-corrected chi connectivity index (χ3v) is 3.72. The predicted octanol–water partition coefficient (Wildman–Crippen LogP) is 1.15. The number of nitrogens with one attached hydrogen (secondary N) is 1. The summed E-state index contributed by atoms with van der Waals surface area (Å²) in [6.07, 6.45) is 5.74. The van der Waals surface area contributed by atoms with Crippen LogP contribution in [0.2, 0.25) is 0 Å². The monoisotopic (exact) mass is 271 g/mol. The summed E-state index contributed by atoms with van der Waals surface area (Å²) >= 11 is 0. The summed E-state index contributed by atoms with van der Waals surface area (Å²) in [6.45, 7) is 0.662. The van der Waals surface area contributed by atoms with Crippen molar-refractivity contribution in [2.75, 3.05) is 5.32 Å². The minimum Gasteiger partial charge on any atom is -0.324 e. The fourth-order valence-electron chi connectivity index (χ4n) is 2.24. The lowest BCUT2D eigenvalue weighted by molar-refractivity contribution is -0.123. The average Bonchev–Trinajstić information content (AvgIpc) is 2.91. The van der Waals surface area contributed by atoms with Crippen molar-refractivity contribution in [1.82, 2.24) is 14.8 Å². The van der Waals surface area contributed by atoms with E-state index in [9.17, 15) is 4.79 Å². The van der Waals surface area contributed by atoms with Gasteiger partial charge in [-0.2, -0.15) is 5.10 Å². The molecule has 0 radical (unpaired) electrons. The van der Waals surface area contributed by atoms with Crippen molar-refractivity contribution >= 4 is 11.6 Å². The van der Waals surface area contributed by atoms with E-state index in [-0.39, 0.29) is 5.91 Å². The van der Waals surface area contributed by atoms with Crippen LogP contribution in [0.4, 0.5) is 5.69 Å². The zero-order chi connectivity index (χ0) is 14.0. The van der Waals surface area contributed by atoms with Gasteiger partial charge in [0.1, 0.15) is 12.7 Å². The molecule has 1 amide bonds. The van der Waals surface area contributed by atoms with E-state index in [2.05, 4.69) is 15.4 Å². The van der Waals surface area contributed by atoms with E-state index in [1.807, 2.05) is 24.3 Å². The number of rotatable bonds is 4. The second-order valence-electron chi connectivity index (χ2n) is 5.25. The van der Waals surface area contributed by atoms with Crippen molar-refractivity contribution in [2.24, 2.45) is 5.73 Å². The Hall–Kier alpha value is -2.21. The van der Waals surface area contributed by atoms with Crippen LogP contribution in [-0.4, -0.2) is 26.2 Å². The molecule has 1 fully saturated rings. The zero-order valence-corrected chi connectivity index (χ0v) is 11.1. The van der Waals surface area contributed by atoms with Crippen LogP contribution in [0, 0.1) is 0 Å². The van der Waals surface area contributed by atoms with Crippen LogP contribution >= 0.6 is 0 Å². The molecule has 3 N–H and O–H groups in total. The molecular weight excluding hydrogens is 254 g/mol. The van der Waals surface area contributed by atoms with Crippen molar-refractivity contribution < 1.29 is 4.79 Å². The topological polar surface area (TPSA) is 85.8 Å². The van der Waals surface area contributed by atoms with Gasteiger partial charge >= 0.3 is 0 Å². The van der Waals surface area contributed by atoms with Crippen molar-refractivity contribution in [3.63, 3.8) is 0 Å². The summed E-state index contributed by atoms with van der Waals surface area (Å²) < 4.78 is 1.75. The Balaban J connectivity index is 1.62. The van der Waals surface area contributed by atoms with E-state index in [1.165, 1.54) is 6.33 Å². The van der Waals surface area contributed by atoms with E-state index in [0.717, 1.165) is 30.5 Å². The Morgan fingerprint density at radius 1 is 1.35 bits per heavy atom. The van der Waals surface area contributed by atoms with E-state index >= 15 is 0 Å². The highest BCUT2D eigenvalue weighted by atomic mass is 16.2. The van der Waals surface area contributed by atoms with Gasteiger partial charge < -0.3 is 11.1 Å². The van der Waals surface area contributed by atoms with Gasteiger partial charge in [-0.3, -0.25) is 4.79 Å². The Morgan fingerprint density at radius 2 is 2.10 bits per heavy atom. The largest absolute Gasteiger partial charge is 0.324 e. The maximum atomic E-state index is 12.0. The third-order valence-electron chi connectivity index (χ3n) is 3.72. The minimum atomic E-state index is -0.667. The average molecular weight is 271 g/mol. The molecule has 6 heteroatoms.